The van der Waals surface area contributed by atoms with Crippen LogP contribution >= 0.6 is 0 Å². The molecule has 2 fully saturated rings. The monoisotopic (exact) mass is 195 g/mol. The Morgan fingerprint density at radius 2 is 1.86 bits per heavy atom. The maximum atomic E-state index is 12.2. The number of carbonyl (C=O) groups excluding carboxylic acids is 1. The summed E-state index contributed by atoms with van der Waals surface area (Å²) in [5.41, 5.74) is 0. The normalized spacial score (nSPS) is 34.6. The second-order valence-corrected chi connectivity index (χ2v) is 4.88. The molecule has 1 saturated heterocycles. The van der Waals surface area contributed by atoms with Gasteiger partial charge in [-0.2, -0.15) is 0 Å². The molecule has 2 unspecified atom stereocenters. The van der Waals surface area contributed by atoms with Gasteiger partial charge in [-0.15, -0.1) is 0 Å². The van der Waals surface area contributed by atoms with Crippen molar-refractivity contribution in [2.24, 2.45) is 11.8 Å². The summed E-state index contributed by atoms with van der Waals surface area (Å²) in [7, 11) is 0. The van der Waals surface area contributed by atoms with Crippen molar-refractivity contribution in [2.75, 3.05) is 6.54 Å². The molecule has 1 saturated carbocycles. The van der Waals surface area contributed by atoms with Gasteiger partial charge < -0.3 is 5.32 Å². The van der Waals surface area contributed by atoms with Crippen molar-refractivity contribution in [2.45, 2.75) is 51.5 Å². The first-order valence-electron chi connectivity index (χ1n) is 6.06. The first-order chi connectivity index (χ1) is 6.79. The highest BCUT2D eigenvalue weighted by Crippen LogP contribution is 2.29. The smallest absolute Gasteiger partial charge is 0.140 e. The molecule has 2 heteroatoms. The molecule has 2 atom stereocenters. The van der Waals surface area contributed by atoms with Crippen molar-refractivity contribution in [3.8, 4) is 0 Å². The molecular formula is C12H21NO. The van der Waals surface area contributed by atoms with Crippen molar-refractivity contribution in [1.29, 1.82) is 0 Å². The Balaban J connectivity index is 1.92. The van der Waals surface area contributed by atoms with Crippen LogP contribution in [0.1, 0.15) is 45.4 Å². The topological polar surface area (TPSA) is 29.1 Å². The molecule has 1 N–H and O–H groups in total. The van der Waals surface area contributed by atoms with Gasteiger partial charge >= 0.3 is 0 Å². The molecule has 2 rings (SSSR count). The summed E-state index contributed by atoms with van der Waals surface area (Å²) in [5, 5.41) is 3.37. The zero-order chi connectivity index (χ0) is 9.97. The summed E-state index contributed by atoms with van der Waals surface area (Å²) in [6.07, 6.45) is 7.25. The fourth-order valence-corrected chi connectivity index (χ4v) is 2.94. The minimum Gasteiger partial charge on any atom is -0.314 e. The third-order valence-electron chi connectivity index (χ3n) is 3.90. The SMILES string of the molecule is CC1NCCC1C(=O)C1CCCCC1. The highest BCUT2D eigenvalue weighted by Gasteiger charge is 2.34. The number of carbonyl (C=O) groups is 1. The van der Waals surface area contributed by atoms with E-state index in [9.17, 15) is 4.79 Å². The molecule has 2 aliphatic rings. The van der Waals surface area contributed by atoms with Crippen LogP contribution in [-0.4, -0.2) is 18.4 Å². The van der Waals surface area contributed by atoms with Crippen LogP contribution in [0.4, 0.5) is 0 Å². The van der Waals surface area contributed by atoms with E-state index >= 15 is 0 Å². The highest BCUT2D eigenvalue weighted by molar-refractivity contribution is 5.84. The summed E-state index contributed by atoms with van der Waals surface area (Å²) in [6, 6.07) is 0.421. The van der Waals surface area contributed by atoms with Gasteiger partial charge in [-0.05, 0) is 32.7 Å². The van der Waals surface area contributed by atoms with E-state index in [4.69, 9.17) is 0 Å². The Morgan fingerprint density at radius 1 is 1.14 bits per heavy atom. The Kier molecular flexibility index (Phi) is 3.22. The molecule has 1 heterocycles. The molecule has 2 nitrogen and oxygen atoms in total. The van der Waals surface area contributed by atoms with E-state index in [1.54, 1.807) is 0 Å². The summed E-state index contributed by atoms with van der Waals surface area (Å²) in [4.78, 5) is 12.2. The molecule has 14 heavy (non-hydrogen) atoms. The van der Waals surface area contributed by atoms with Crippen LogP contribution < -0.4 is 5.32 Å². The quantitative estimate of drug-likeness (QED) is 0.731. The first kappa shape index (κ1) is 10.2. The lowest BCUT2D eigenvalue weighted by Crippen LogP contribution is -2.33. The maximum Gasteiger partial charge on any atom is 0.140 e. The lowest BCUT2D eigenvalue weighted by molar-refractivity contribution is -0.127. The van der Waals surface area contributed by atoms with E-state index in [0.717, 1.165) is 25.8 Å². The third kappa shape index (κ3) is 2.00. The van der Waals surface area contributed by atoms with Crippen LogP contribution in [0, 0.1) is 11.8 Å². The van der Waals surface area contributed by atoms with Gasteiger partial charge in [0.05, 0.1) is 0 Å². The predicted octanol–water partition coefficient (Wildman–Crippen LogP) is 2.13. The average Bonchev–Trinajstić information content (AvgIpc) is 2.65. The Hall–Kier alpha value is -0.370. The Morgan fingerprint density at radius 3 is 2.43 bits per heavy atom. The van der Waals surface area contributed by atoms with Crippen LogP contribution in [0.15, 0.2) is 0 Å². The van der Waals surface area contributed by atoms with Gasteiger partial charge in [0.2, 0.25) is 0 Å². The van der Waals surface area contributed by atoms with Crippen molar-refractivity contribution in [1.82, 2.24) is 5.32 Å². The van der Waals surface area contributed by atoms with Crippen LogP contribution in [0.5, 0.6) is 0 Å². The number of rotatable bonds is 2. The lowest BCUT2D eigenvalue weighted by atomic mass is 9.80. The molecule has 0 aromatic rings. The fourth-order valence-electron chi connectivity index (χ4n) is 2.94. The van der Waals surface area contributed by atoms with E-state index in [1.165, 1.54) is 19.3 Å². The summed E-state index contributed by atoms with van der Waals surface area (Å²) in [5.74, 6) is 1.27. The average molecular weight is 195 g/mol. The molecule has 1 aliphatic heterocycles. The molecule has 80 valence electrons. The summed E-state index contributed by atoms with van der Waals surface area (Å²) >= 11 is 0. The van der Waals surface area contributed by atoms with Gasteiger partial charge in [-0.1, -0.05) is 19.3 Å². The fraction of sp³-hybridized carbons (Fsp3) is 0.917. The van der Waals surface area contributed by atoms with Gasteiger partial charge in [-0.3, -0.25) is 4.79 Å². The molecule has 0 spiro atoms. The van der Waals surface area contributed by atoms with Crippen LogP contribution in [-0.2, 0) is 4.79 Å². The van der Waals surface area contributed by atoms with E-state index < -0.39 is 0 Å². The summed E-state index contributed by atoms with van der Waals surface area (Å²) in [6.45, 7) is 3.18. The number of Topliss-reactive ketones (excluding diaryl/α,β-unsaturated/α-hetero) is 1. The number of hydrogen-bond donors (Lipinski definition) is 1. The Bertz CT molecular complexity index is 208. The van der Waals surface area contributed by atoms with E-state index in [0.29, 0.717) is 23.7 Å². The second-order valence-electron chi connectivity index (χ2n) is 4.88. The van der Waals surface area contributed by atoms with Crippen molar-refractivity contribution >= 4 is 5.78 Å². The molecule has 0 aromatic carbocycles. The second kappa shape index (κ2) is 4.43. The van der Waals surface area contributed by atoms with Crippen LogP contribution in [0.3, 0.4) is 0 Å². The molecule has 0 aromatic heterocycles. The van der Waals surface area contributed by atoms with Crippen molar-refractivity contribution in [3.05, 3.63) is 0 Å². The zero-order valence-corrected chi connectivity index (χ0v) is 9.09. The van der Waals surface area contributed by atoms with E-state index in [2.05, 4.69) is 12.2 Å². The first-order valence-corrected chi connectivity index (χ1v) is 6.06. The van der Waals surface area contributed by atoms with E-state index in [-0.39, 0.29) is 0 Å². The largest absolute Gasteiger partial charge is 0.314 e. The maximum absolute atomic E-state index is 12.2. The van der Waals surface area contributed by atoms with Crippen LogP contribution in [0.25, 0.3) is 0 Å². The molecule has 0 bridgehead atoms. The van der Waals surface area contributed by atoms with Crippen molar-refractivity contribution in [3.63, 3.8) is 0 Å². The molecule has 1 aliphatic carbocycles. The van der Waals surface area contributed by atoms with Gasteiger partial charge in [0, 0.05) is 17.9 Å². The highest BCUT2D eigenvalue weighted by atomic mass is 16.1. The molecule has 0 radical (unpaired) electrons. The van der Waals surface area contributed by atoms with Crippen molar-refractivity contribution < 1.29 is 4.79 Å². The van der Waals surface area contributed by atoms with Crippen LogP contribution in [0.2, 0.25) is 0 Å². The minimum absolute atomic E-state index is 0.318. The zero-order valence-electron chi connectivity index (χ0n) is 9.09. The minimum atomic E-state index is 0.318. The third-order valence-corrected chi connectivity index (χ3v) is 3.90. The molecular weight excluding hydrogens is 174 g/mol. The van der Waals surface area contributed by atoms with E-state index in [1.807, 2.05) is 0 Å². The summed E-state index contributed by atoms with van der Waals surface area (Å²) < 4.78 is 0. The number of hydrogen-bond acceptors (Lipinski definition) is 2. The molecule has 0 amide bonds. The Labute approximate surface area is 86.5 Å². The standard InChI is InChI=1S/C12H21NO/c1-9-11(7-8-13-9)12(14)10-5-3-2-4-6-10/h9-11,13H,2-8H2,1H3. The predicted molar refractivity (Wildman–Crippen MR) is 57.2 cm³/mol. The van der Waals surface area contributed by atoms with Gasteiger partial charge in [-0.25, -0.2) is 0 Å². The van der Waals surface area contributed by atoms with Gasteiger partial charge in [0.15, 0.2) is 0 Å². The lowest BCUT2D eigenvalue weighted by Gasteiger charge is -2.24. The number of ketones is 1. The number of nitrogens with one attached hydrogen (secondary N) is 1. The van der Waals surface area contributed by atoms with Gasteiger partial charge in [0.1, 0.15) is 5.78 Å². The van der Waals surface area contributed by atoms with Gasteiger partial charge in [0.25, 0.3) is 0 Å².